The van der Waals surface area contributed by atoms with Crippen molar-refractivity contribution in [2.45, 2.75) is 16.2 Å². The van der Waals surface area contributed by atoms with Crippen LogP contribution in [-0.2, 0) is 23.9 Å². The topological polar surface area (TPSA) is 146 Å². The van der Waals surface area contributed by atoms with E-state index >= 15 is 0 Å². The number of benzene rings is 1. The van der Waals surface area contributed by atoms with Crippen LogP contribution in [0.25, 0.3) is 0 Å². The lowest BCUT2D eigenvalue weighted by Crippen LogP contribution is -2.43. The normalized spacial score (nSPS) is 23.4. The molecule has 3 amide bonds. The lowest BCUT2D eigenvalue weighted by atomic mass is 9.82. The zero-order valence-electron chi connectivity index (χ0n) is 18.6. The Hall–Kier alpha value is -2.87. The van der Waals surface area contributed by atoms with Gasteiger partial charge in [0.1, 0.15) is 17.5 Å². The molecular weight excluding hydrogens is 534 g/mol. The third kappa shape index (κ3) is 4.51. The number of likely N-dealkylation sites (tertiary alicyclic amines) is 1. The molecule has 0 spiro atoms. The molecule has 0 aliphatic carbocycles. The zero-order valence-corrected chi connectivity index (χ0v) is 21.0. The maximum atomic E-state index is 13.4. The Labute approximate surface area is 217 Å². The number of carbonyl (C=O) groups is 4. The summed E-state index contributed by atoms with van der Waals surface area (Å²) in [6, 6.07) is 4.74. The van der Waals surface area contributed by atoms with E-state index < -0.39 is 41.4 Å². The number of morpholine rings is 1. The zero-order chi connectivity index (χ0) is 25.6. The molecule has 2 fully saturated rings. The number of rotatable bonds is 6. The van der Waals surface area contributed by atoms with Crippen molar-refractivity contribution in [1.29, 1.82) is 0 Å². The Kier molecular flexibility index (Phi) is 6.81. The van der Waals surface area contributed by atoms with E-state index in [1.54, 1.807) is 23.1 Å². The first kappa shape index (κ1) is 24.8. The third-order valence-corrected chi connectivity index (χ3v) is 8.87. The second-order valence-electron chi connectivity index (χ2n) is 8.37. The van der Waals surface area contributed by atoms with Crippen LogP contribution in [-0.4, -0.2) is 88.3 Å². The predicted octanol–water partition coefficient (Wildman–Crippen LogP) is 1.00. The summed E-state index contributed by atoms with van der Waals surface area (Å²) in [6.07, 6.45) is 0. The number of imide groups is 1. The first-order valence-electron chi connectivity index (χ1n) is 11.0. The van der Waals surface area contributed by atoms with Gasteiger partial charge >= 0.3 is 10.8 Å². The number of aromatic amines is 1. The minimum absolute atomic E-state index is 0.233. The highest BCUT2D eigenvalue weighted by molar-refractivity contribution is 8.00. The average Bonchev–Trinajstić information content (AvgIpc) is 3.34. The molecule has 0 bridgehead atoms. The van der Waals surface area contributed by atoms with Gasteiger partial charge in [-0.3, -0.25) is 28.9 Å². The maximum Gasteiger partial charge on any atom is 0.323 e. The number of aromatic nitrogens is 1. The van der Waals surface area contributed by atoms with Gasteiger partial charge in [0.2, 0.25) is 11.8 Å². The van der Waals surface area contributed by atoms with Crippen LogP contribution in [0.4, 0.5) is 0 Å². The molecule has 0 unspecified atom stereocenters. The highest BCUT2D eigenvalue weighted by atomic mass is 35.5. The van der Waals surface area contributed by atoms with E-state index in [-0.39, 0.29) is 23.1 Å². The van der Waals surface area contributed by atoms with Crippen molar-refractivity contribution in [1.82, 2.24) is 14.8 Å². The van der Waals surface area contributed by atoms with Gasteiger partial charge in [-0.2, -0.15) is 0 Å². The van der Waals surface area contributed by atoms with E-state index in [2.05, 4.69) is 4.98 Å². The SMILES string of the molecule is O=C(O)CN1C(=O)[C@@H]2[C@H](c3cc(Cl)ccc3OCC(=O)N3CCOCC3)c3sc(=O)[nH]c3S[C@@H]2C1=O. The number of nitrogens with one attached hydrogen (secondary N) is 1. The number of amides is 3. The molecule has 14 heteroatoms. The molecule has 3 aliphatic rings. The highest BCUT2D eigenvalue weighted by Gasteiger charge is 2.56. The molecule has 5 rings (SSSR count). The minimum Gasteiger partial charge on any atom is -0.483 e. The van der Waals surface area contributed by atoms with Crippen LogP contribution in [0.15, 0.2) is 28.0 Å². The number of carboxylic acid groups (broad SMARTS) is 1. The number of nitrogens with zero attached hydrogens (tertiary/aromatic N) is 2. The Morgan fingerprint density at radius 1 is 1.19 bits per heavy atom. The molecule has 0 radical (unpaired) electrons. The fraction of sp³-hybridized carbons (Fsp3) is 0.409. The van der Waals surface area contributed by atoms with Crippen molar-refractivity contribution in [2.24, 2.45) is 5.92 Å². The molecular formula is C22H20ClN3O8S2. The number of halogens is 1. The number of aliphatic carboxylic acids is 1. The third-order valence-electron chi connectivity index (χ3n) is 6.23. The van der Waals surface area contributed by atoms with Gasteiger partial charge in [-0.05, 0) is 18.2 Å². The number of hydrogen-bond donors (Lipinski definition) is 2. The molecule has 1 aromatic heterocycles. The molecule has 3 aliphatic heterocycles. The Morgan fingerprint density at radius 2 is 1.94 bits per heavy atom. The van der Waals surface area contributed by atoms with Crippen LogP contribution in [0.3, 0.4) is 0 Å². The molecule has 2 aromatic rings. The highest BCUT2D eigenvalue weighted by Crippen LogP contribution is 2.54. The number of carboxylic acids is 1. The van der Waals surface area contributed by atoms with Gasteiger partial charge in [0.05, 0.1) is 24.2 Å². The molecule has 3 atom stereocenters. The summed E-state index contributed by atoms with van der Waals surface area (Å²) in [4.78, 5) is 67.9. The number of hydrogen-bond acceptors (Lipinski definition) is 9. The van der Waals surface area contributed by atoms with Crippen molar-refractivity contribution in [3.63, 3.8) is 0 Å². The van der Waals surface area contributed by atoms with Gasteiger partial charge in [0.25, 0.3) is 5.91 Å². The lowest BCUT2D eigenvalue weighted by Gasteiger charge is -2.31. The molecule has 2 N–H and O–H groups in total. The van der Waals surface area contributed by atoms with E-state index in [1.807, 2.05) is 0 Å². The van der Waals surface area contributed by atoms with Crippen LogP contribution < -0.4 is 9.61 Å². The van der Waals surface area contributed by atoms with Gasteiger partial charge in [-0.25, -0.2) is 0 Å². The Bertz CT molecular complexity index is 1300. The van der Waals surface area contributed by atoms with Gasteiger partial charge in [0, 0.05) is 34.5 Å². The number of H-pyrrole nitrogens is 1. The number of thiazole rings is 1. The summed E-state index contributed by atoms with van der Waals surface area (Å²) in [5.41, 5.74) is 0.433. The first-order chi connectivity index (χ1) is 17.2. The Balaban J connectivity index is 1.53. The minimum atomic E-state index is -1.31. The van der Waals surface area contributed by atoms with Crippen LogP contribution in [0, 0.1) is 5.92 Å². The fourth-order valence-electron chi connectivity index (χ4n) is 4.64. The molecule has 190 valence electrons. The Morgan fingerprint density at radius 3 is 2.67 bits per heavy atom. The van der Waals surface area contributed by atoms with Crippen molar-refractivity contribution < 1.29 is 33.8 Å². The predicted molar refractivity (Wildman–Crippen MR) is 129 cm³/mol. The molecule has 2 saturated heterocycles. The van der Waals surface area contributed by atoms with Gasteiger partial charge < -0.3 is 24.5 Å². The summed E-state index contributed by atoms with van der Waals surface area (Å²) < 4.78 is 11.2. The van der Waals surface area contributed by atoms with Crippen LogP contribution in [0.5, 0.6) is 5.75 Å². The first-order valence-corrected chi connectivity index (χ1v) is 13.1. The molecule has 1 aromatic carbocycles. The van der Waals surface area contributed by atoms with E-state index in [9.17, 15) is 29.1 Å². The summed E-state index contributed by atoms with van der Waals surface area (Å²) >= 11 is 8.25. The number of thioether (sulfide) groups is 1. The summed E-state index contributed by atoms with van der Waals surface area (Å²) in [6.45, 7) is 0.775. The molecule has 11 nitrogen and oxygen atoms in total. The molecule has 0 saturated carbocycles. The largest absolute Gasteiger partial charge is 0.483 e. The average molecular weight is 554 g/mol. The molecule has 36 heavy (non-hydrogen) atoms. The second kappa shape index (κ2) is 9.88. The van der Waals surface area contributed by atoms with Gasteiger partial charge in [-0.15, -0.1) is 0 Å². The summed E-state index contributed by atoms with van der Waals surface area (Å²) in [7, 11) is 0. The van der Waals surface area contributed by atoms with Crippen molar-refractivity contribution in [2.75, 3.05) is 39.5 Å². The van der Waals surface area contributed by atoms with Crippen molar-refractivity contribution in [3.05, 3.63) is 43.3 Å². The number of fused-ring (bicyclic) bond motifs is 2. The summed E-state index contributed by atoms with van der Waals surface area (Å²) in [5, 5.41) is 9.06. The maximum absolute atomic E-state index is 13.4. The van der Waals surface area contributed by atoms with Crippen molar-refractivity contribution in [3.8, 4) is 5.75 Å². The standard InChI is InChI=1S/C22H20ClN3O8S2/c23-10-1-2-12(34-9-13(27)25-3-5-33-6-4-25)11(7-10)15-16-18(35-19-17(15)36-22(32)24-19)21(31)26(20(16)30)8-14(28)29/h1-2,7,15-16,18H,3-6,8-9H2,(H,24,32)(H,28,29)/t15-,16+,18-/m0/s1. The van der Waals surface area contributed by atoms with E-state index in [4.69, 9.17) is 21.1 Å². The molecule has 4 heterocycles. The van der Waals surface area contributed by atoms with Crippen molar-refractivity contribution >= 4 is 58.4 Å². The smallest absolute Gasteiger partial charge is 0.323 e. The van der Waals surface area contributed by atoms with E-state index in [0.717, 1.165) is 28.0 Å². The second-order valence-corrected chi connectivity index (χ2v) is 11.0. The monoisotopic (exact) mass is 553 g/mol. The van der Waals surface area contributed by atoms with Crippen LogP contribution in [0.1, 0.15) is 16.4 Å². The van der Waals surface area contributed by atoms with Crippen LogP contribution >= 0.6 is 34.7 Å². The lowest BCUT2D eigenvalue weighted by molar-refractivity contribution is -0.149. The quantitative estimate of drug-likeness (QED) is 0.500. The number of carbonyl (C=O) groups excluding carboxylic acids is 3. The van der Waals surface area contributed by atoms with E-state index in [0.29, 0.717) is 46.8 Å². The summed E-state index contributed by atoms with van der Waals surface area (Å²) in [5.74, 6) is -4.33. The van der Waals surface area contributed by atoms with E-state index in [1.165, 1.54) is 0 Å². The number of ether oxygens (including phenoxy) is 2. The van der Waals surface area contributed by atoms with Gasteiger partial charge in [0.15, 0.2) is 6.61 Å². The van der Waals surface area contributed by atoms with Crippen LogP contribution in [0.2, 0.25) is 5.02 Å². The fourth-order valence-corrected chi connectivity index (χ4v) is 7.35. The van der Waals surface area contributed by atoms with Gasteiger partial charge in [-0.1, -0.05) is 34.7 Å².